The van der Waals surface area contributed by atoms with Crippen molar-refractivity contribution in [3.8, 4) is 6.07 Å². The third-order valence-corrected chi connectivity index (χ3v) is 5.34. The summed E-state index contributed by atoms with van der Waals surface area (Å²) in [4.78, 5) is 46.5. The number of esters is 1. The van der Waals surface area contributed by atoms with Gasteiger partial charge in [0.1, 0.15) is 11.9 Å². The highest BCUT2D eigenvalue weighted by atomic mass is 16.6. The highest BCUT2D eigenvalue weighted by molar-refractivity contribution is 5.94. The second kappa shape index (κ2) is 8.17. The molecule has 1 aromatic rings. The Bertz CT molecular complexity index is 859. The Labute approximate surface area is 160 Å². The molecule has 0 unspecified atom stereocenters. The minimum absolute atomic E-state index is 0.0625. The second-order valence-electron chi connectivity index (χ2n) is 7.15. The lowest BCUT2D eigenvalue weighted by Gasteiger charge is -2.36. The van der Waals surface area contributed by atoms with Gasteiger partial charge in [-0.1, -0.05) is 6.42 Å². The summed E-state index contributed by atoms with van der Waals surface area (Å²) in [6.07, 6.45) is 3.54. The van der Waals surface area contributed by atoms with Crippen LogP contribution in [0.1, 0.15) is 37.7 Å². The van der Waals surface area contributed by atoms with Crippen LogP contribution < -0.4 is 5.32 Å². The van der Waals surface area contributed by atoms with Crippen LogP contribution in [0.25, 0.3) is 0 Å². The molecule has 0 saturated heterocycles. The van der Waals surface area contributed by atoms with Gasteiger partial charge in [-0.05, 0) is 31.7 Å². The first kappa shape index (κ1) is 19.5. The summed E-state index contributed by atoms with van der Waals surface area (Å²) >= 11 is 0. The number of benzene rings is 1. The minimum Gasteiger partial charge on any atom is -0.455 e. The van der Waals surface area contributed by atoms with Crippen LogP contribution in [0.3, 0.4) is 0 Å². The van der Waals surface area contributed by atoms with E-state index in [0.717, 1.165) is 25.3 Å². The fraction of sp³-hybridized carbons (Fsp3) is 0.474. The molecule has 9 nitrogen and oxygen atoms in total. The third kappa shape index (κ3) is 4.17. The Kier molecular flexibility index (Phi) is 5.68. The molecule has 2 saturated carbocycles. The average Bonchev–Trinajstić information content (AvgIpc) is 2.66. The molecular weight excluding hydrogens is 366 g/mol. The Hall–Kier alpha value is -3.28. The zero-order chi connectivity index (χ0) is 20.3. The van der Waals surface area contributed by atoms with Gasteiger partial charge in [-0.15, -0.1) is 0 Å². The van der Waals surface area contributed by atoms with Crippen LogP contribution in [-0.4, -0.2) is 29.2 Å². The maximum absolute atomic E-state index is 12.3. The van der Waals surface area contributed by atoms with Crippen molar-refractivity contribution in [3.05, 3.63) is 33.9 Å². The number of amides is 1. The van der Waals surface area contributed by atoms with E-state index in [1.54, 1.807) is 6.07 Å². The molecule has 1 N–H and O–H groups in total. The number of hydrogen-bond donors (Lipinski definition) is 1. The van der Waals surface area contributed by atoms with E-state index < -0.39 is 23.4 Å². The lowest BCUT2D eigenvalue weighted by Crippen LogP contribution is -2.40. The number of nitrogens with zero attached hydrogens (tertiary/aromatic N) is 2. The van der Waals surface area contributed by atoms with Crippen LogP contribution in [0.4, 0.5) is 11.4 Å². The first-order valence-electron chi connectivity index (χ1n) is 9.07. The van der Waals surface area contributed by atoms with Crippen molar-refractivity contribution in [1.29, 1.82) is 5.26 Å². The summed E-state index contributed by atoms with van der Waals surface area (Å²) in [6, 6.07) is 5.26. The Morgan fingerprint density at radius 2 is 1.96 bits per heavy atom. The van der Waals surface area contributed by atoms with Crippen LogP contribution in [0.5, 0.6) is 0 Å². The van der Waals surface area contributed by atoms with Crippen molar-refractivity contribution in [2.75, 3.05) is 11.9 Å². The van der Waals surface area contributed by atoms with E-state index in [4.69, 9.17) is 10.00 Å². The lowest BCUT2D eigenvalue weighted by molar-refractivity contribution is -0.384. The van der Waals surface area contributed by atoms with E-state index in [-0.39, 0.29) is 40.5 Å². The summed E-state index contributed by atoms with van der Waals surface area (Å²) < 4.78 is 5.10. The van der Waals surface area contributed by atoms with Crippen molar-refractivity contribution in [2.24, 2.45) is 17.8 Å². The number of carbonyl (C=O) groups excluding carboxylic acids is 3. The van der Waals surface area contributed by atoms with E-state index in [2.05, 4.69) is 5.32 Å². The van der Waals surface area contributed by atoms with E-state index in [9.17, 15) is 24.5 Å². The summed E-state index contributed by atoms with van der Waals surface area (Å²) in [6.45, 7) is -0.527. The van der Waals surface area contributed by atoms with Gasteiger partial charge in [-0.3, -0.25) is 24.5 Å². The van der Waals surface area contributed by atoms with Gasteiger partial charge >= 0.3 is 5.97 Å². The number of nitro groups is 1. The maximum atomic E-state index is 12.3. The van der Waals surface area contributed by atoms with Crippen molar-refractivity contribution in [2.45, 2.75) is 32.1 Å². The smallest absolute Gasteiger partial charge is 0.309 e. The maximum Gasteiger partial charge on any atom is 0.309 e. The Morgan fingerprint density at radius 3 is 2.57 bits per heavy atom. The van der Waals surface area contributed by atoms with Crippen LogP contribution in [0, 0.1) is 39.2 Å². The SMILES string of the molecule is N#Cc1cc([N+](=O)[O-])ccc1NC(=O)COC(=O)C1C[C@H]2CCC[C@H](C1)C2=O. The van der Waals surface area contributed by atoms with Gasteiger partial charge in [0.2, 0.25) is 0 Å². The molecule has 2 fully saturated rings. The zero-order valence-electron chi connectivity index (χ0n) is 15.1. The molecule has 2 bridgehead atoms. The van der Waals surface area contributed by atoms with Gasteiger partial charge < -0.3 is 10.1 Å². The number of anilines is 1. The molecule has 146 valence electrons. The fourth-order valence-corrected chi connectivity index (χ4v) is 3.96. The highest BCUT2D eigenvalue weighted by Gasteiger charge is 2.41. The normalized spacial score (nSPS) is 23.4. The number of ketones is 1. The predicted octanol–water partition coefficient (Wildman–Crippen LogP) is 2.34. The zero-order valence-corrected chi connectivity index (χ0v) is 15.1. The quantitative estimate of drug-likeness (QED) is 0.466. The molecule has 2 atom stereocenters. The number of nitriles is 1. The first-order chi connectivity index (χ1) is 13.4. The summed E-state index contributed by atoms with van der Waals surface area (Å²) in [5.41, 5.74) is -0.224. The molecule has 9 heteroatoms. The molecule has 0 spiro atoms. The average molecular weight is 385 g/mol. The van der Waals surface area contributed by atoms with Crippen molar-refractivity contribution in [1.82, 2.24) is 0 Å². The molecule has 2 aliphatic rings. The molecule has 3 rings (SSSR count). The van der Waals surface area contributed by atoms with Gasteiger partial charge in [0.05, 0.1) is 22.1 Å². The fourth-order valence-electron chi connectivity index (χ4n) is 3.96. The number of nitro benzene ring substituents is 1. The highest BCUT2D eigenvalue weighted by Crippen LogP contribution is 2.40. The Morgan fingerprint density at radius 1 is 1.29 bits per heavy atom. The number of carbonyl (C=O) groups is 3. The third-order valence-electron chi connectivity index (χ3n) is 5.34. The van der Waals surface area contributed by atoms with Crippen LogP contribution in [0.2, 0.25) is 0 Å². The minimum atomic E-state index is -0.647. The monoisotopic (exact) mass is 385 g/mol. The van der Waals surface area contributed by atoms with Crippen molar-refractivity contribution in [3.63, 3.8) is 0 Å². The van der Waals surface area contributed by atoms with Gasteiger partial charge in [0.15, 0.2) is 6.61 Å². The van der Waals surface area contributed by atoms with Crippen LogP contribution in [-0.2, 0) is 19.1 Å². The molecule has 0 aromatic heterocycles. The molecule has 1 aromatic carbocycles. The first-order valence-corrected chi connectivity index (χ1v) is 9.07. The number of fused-ring (bicyclic) bond motifs is 2. The molecule has 0 radical (unpaired) electrons. The summed E-state index contributed by atoms with van der Waals surface area (Å²) in [5, 5.41) is 22.3. The second-order valence-corrected chi connectivity index (χ2v) is 7.15. The van der Waals surface area contributed by atoms with Crippen molar-refractivity contribution >= 4 is 29.0 Å². The van der Waals surface area contributed by atoms with Gasteiger partial charge in [0, 0.05) is 24.0 Å². The van der Waals surface area contributed by atoms with Gasteiger partial charge in [0.25, 0.3) is 11.6 Å². The number of Topliss-reactive ketones (excluding diaryl/α,β-unsaturated/α-hetero) is 1. The number of hydrogen-bond acceptors (Lipinski definition) is 7. The predicted molar refractivity (Wildman–Crippen MR) is 96.0 cm³/mol. The van der Waals surface area contributed by atoms with E-state index in [0.29, 0.717) is 12.8 Å². The lowest BCUT2D eigenvalue weighted by atomic mass is 9.67. The number of rotatable bonds is 5. The molecule has 28 heavy (non-hydrogen) atoms. The molecular formula is C19H19N3O6. The Balaban J connectivity index is 1.55. The molecule has 0 heterocycles. The summed E-state index contributed by atoms with van der Waals surface area (Å²) in [7, 11) is 0. The standard InChI is InChI=1S/C19H19N3O6/c20-9-14-8-15(22(26)27)4-5-16(14)21-17(23)10-28-19(25)13-6-11-2-1-3-12(7-13)18(11)24/h4-5,8,11-13H,1-3,6-7,10H2,(H,21,23)/t11-,12-/m1/s1. The number of ether oxygens (including phenoxy) is 1. The topological polar surface area (TPSA) is 139 Å². The number of nitrogens with one attached hydrogen (secondary N) is 1. The van der Waals surface area contributed by atoms with E-state index in [1.807, 2.05) is 0 Å². The van der Waals surface area contributed by atoms with E-state index >= 15 is 0 Å². The molecule has 1 amide bonds. The van der Waals surface area contributed by atoms with Gasteiger partial charge in [-0.2, -0.15) is 5.26 Å². The van der Waals surface area contributed by atoms with Crippen molar-refractivity contribution < 1.29 is 24.0 Å². The van der Waals surface area contributed by atoms with Gasteiger partial charge in [-0.25, -0.2) is 0 Å². The molecule has 0 aliphatic heterocycles. The van der Waals surface area contributed by atoms with E-state index in [1.165, 1.54) is 12.1 Å². The van der Waals surface area contributed by atoms with Crippen LogP contribution in [0.15, 0.2) is 18.2 Å². The number of non-ortho nitro benzene ring substituents is 1. The molecule has 2 aliphatic carbocycles. The summed E-state index contributed by atoms with van der Waals surface area (Å²) in [5.74, 6) is -1.45. The largest absolute Gasteiger partial charge is 0.455 e. The van der Waals surface area contributed by atoms with Crippen LogP contribution >= 0.6 is 0 Å².